The van der Waals surface area contributed by atoms with Crippen LogP contribution in [-0.2, 0) is 4.79 Å². The van der Waals surface area contributed by atoms with E-state index in [1.54, 1.807) is 0 Å². The average molecular weight is 286 g/mol. The predicted octanol–water partition coefficient (Wildman–Crippen LogP) is 1.84. The summed E-state index contributed by atoms with van der Waals surface area (Å²) in [5.74, 6) is -2.90. The highest BCUT2D eigenvalue weighted by molar-refractivity contribution is 6.16. The molecule has 0 fully saturated rings. The van der Waals surface area contributed by atoms with Crippen LogP contribution in [0.5, 0.6) is 0 Å². The first-order chi connectivity index (χ1) is 9.21. The molecule has 0 saturated heterocycles. The summed E-state index contributed by atoms with van der Waals surface area (Å²) >= 11 is 0. The van der Waals surface area contributed by atoms with Crippen LogP contribution in [0.3, 0.4) is 0 Å². The Kier molecular flexibility index (Phi) is 3.04. The summed E-state index contributed by atoms with van der Waals surface area (Å²) in [5, 5.41) is 14.1. The first-order valence-corrected chi connectivity index (χ1v) is 5.50. The number of aliphatic imine (C=N–C) groups is 1. The van der Waals surface area contributed by atoms with E-state index in [1.165, 1.54) is 26.0 Å². The molecule has 0 bridgehead atoms. The molecule has 106 valence electrons. The molecule has 0 aliphatic carbocycles. The summed E-state index contributed by atoms with van der Waals surface area (Å²) in [7, 11) is 0. The molecule has 0 saturated carbocycles. The van der Waals surface area contributed by atoms with Gasteiger partial charge in [0.05, 0.1) is 6.07 Å². The molecular formula is C11H9F3N4O2. The second kappa shape index (κ2) is 4.33. The third kappa shape index (κ3) is 1.93. The fraction of sp³-hybridized carbons (Fsp3) is 0.455. The largest absolute Gasteiger partial charge is 0.439 e. The van der Waals surface area contributed by atoms with Gasteiger partial charge in [0.15, 0.2) is 5.82 Å². The number of hydrogen-bond acceptors (Lipinski definition) is 6. The molecule has 2 heterocycles. The minimum Gasteiger partial charge on any atom is -0.360 e. The van der Waals surface area contributed by atoms with Gasteiger partial charge in [-0.1, -0.05) is 5.16 Å². The van der Waals surface area contributed by atoms with Crippen molar-refractivity contribution in [3.05, 3.63) is 11.8 Å². The number of ketones is 1. The van der Waals surface area contributed by atoms with Crippen LogP contribution in [0.2, 0.25) is 0 Å². The molecule has 6 nitrogen and oxygen atoms in total. The van der Waals surface area contributed by atoms with Gasteiger partial charge in [0.2, 0.25) is 5.78 Å². The molecule has 2 rings (SSSR count). The lowest BCUT2D eigenvalue weighted by Gasteiger charge is -2.28. The molecule has 0 radical (unpaired) electrons. The van der Waals surface area contributed by atoms with Crippen molar-refractivity contribution in [2.24, 2.45) is 10.9 Å². The quantitative estimate of drug-likeness (QED) is 0.895. The number of carbonyl (C=O) groups is 1. The van der Waals surface area contributed by atoms with Gasteiger partial charge in [-0.25, -0.2) is 4.99 Å². The maximum absolute atomic E-state index is 13.3. The number of carbonyl (C=O) groups excluding carboxylic acids is 1. The molecule has 20 heavy (non-hydrogen) atoms. The van der Waals surface area contributed by atoms with Gasteiger partial charge in [0.25, 0.3) is 5.66 Å². The number of alkyl halides is 3. The number of Topliss-reactive ketones (excluding diaryl/α,β-unsaturated/α-hetero) is 1. The lowest BCUT2D eigenvalue weighted by Crippen LogP contribution is -2.55. The summed E-state index contributed by atoms with van der Waals surface area (Å²) < 4.78 is 44.5. The van der Waals surface area contributed by atoms with Crippen LogP contribution in [0, 0.1) is 24.2 Å². The minimum absolute atomic E-state index is 0.192. The highest BCUT2D eigenvalue weighted by atomic mass is 19.4. The fourth-order valence-corrected chi connectivity index (χ4v) is 1.91. The van der Waals surface area contributed by atoms with Gasteiger partial charge >= 0.3 is 6.18 Å². The molecule has 0 unspecified atom stereocenters. The molecule has 1 aliphatic heterocycles. The molecule has 0 aromatic carbocycles. The third-order valence-electron chi connectivity index (χ3n) is 2.86. The van der Waals surface area contributed by atoms with Gasteiger partial charge in [-0.05, 0) is 13.8 Å². The molecule has 1 aliphatic rings. The molecule has 1 N–H and O–H groups in total. The maximum Gasteiger partial charge on any atom is 0.439 e. The van der Waals surface area contributed by atoms with E-state index in [1.807, 2.05) is 5.32 Å². The monoisotopic (exact) mass is 286 g/mol. The van der Waals surface area contributed by atoms with Crippen LogP contribution in [0.4, 0.5) is 19.0 Å². The fourth-order valence-electron chi connectivity index (χ4n) is 1.91. The van der Waals surface area contributed by atoms with E-state index >= 15 is 0 Å². The zero-order chi connectivity index (χ0) is 15.1. The van der Waals surface area contributed by atoms with Gasteiger partial charge < -0.3 is 9.84 Å². The van der Waals surface area contributed by atoms with Crippen LogP contribution in [0.15, 0.2) is 15.6 Å². The number of aromatic nitrogens is 1. The van der Waals surface area contributed by atoms with Crippen LogP contribution in [-0.4, -0.2) is 28.5 Å². The zero-order valence-electron chi connectivity index (χ0n) is 10.4. The molecule has 0 spiro atoms. The van der Waals surface area contributed by atoms with Crippen LogP contribution in [0.25, 0.3) is 0 Å². The first kappa shape index (κ1) is 14.0. The Hall–Kier alpha value is -2.37. The van der Waals surface area contributed by atoms with Gasteiger partial charge in [0, 0.05) is 11.8 Å². The Labute approximate surface area is 111 Å². The van der Waals surface area contributed by atoms with E-state index in [-0.39, 0.29) is 17.3 Å². The second-order valence-electron chi connectivity index (χ2n) is 4.34. The third-order valence-corrected chi connectivity index (χ3v) is 2.86. The Morgan fingerprint density at radius 3 is 2.55 bits per heavy atom. The molecular weight excluding hydrogens is 277 g/mol. The standard InChI is InChI=1S/C11H9F3N4O2/c1-5-3-8(18-20-5)17-10(11(12,13)14)9(19)7(4-15)6(2)16-10/h3,7H,1-2H3,(H,17,18)/t7-,10+/m1/s1. The topological polar surface area (TPSA) is 91.3 Å². The van der Waals surface area contributed by atoms with Crippen molar-refractivity contribution in [1.82, 2.24) is 5.16 Å². The van der Waals surface area contributed by atoms with E-state index in [2.05, 4.69) is 14.7 Å². The Balaban J connectivity index is 2.49. The Bertz CT molecular complexity index is 628. The number of rotatable bonds is 2. The van der Waals surface area contributed by atoms with E-state index in [0.29, 0.717) is 0 Å². The Morgan fingerprint density at radius 2 is 2.15 bits per heavy atom. The van der Waals surface area contributed by atoms with Crippen LogP contribution < -0.4 is 5.32 Å². The number of nitrogens with zero attached hydrogens (tertiary/aromatic N) is 3. The summed E-state index contributed by atoms with van der Waals surface area (Å²) in [6, 6.07) is 2.72. The molecule has 2 atom stereocenters. The normalized spacial score (nSPS) is 26.3. The highest BCUT2D eigenvalue weighted by Crippen LogP contribution is 2.41. The highest BCUT2D eigenvalue weighted by Gasteiger charge is 2.66. The molecule has 0 amide bonds. The van der Waals surface area contributed by atoms with E-state index in [4.69, 9.17) is 5.26 Å². The van der Waals surface area contributed by atoms with Crippen molar-refractivity contribution >= 4 is 17.3 Å². The average Bonchev–Trinajstić information content (AvgIpc) is 2.82. The number of aryl methyl sites for hydroxylation is 1. The maximum atomic E-state index is 13.3. The number of nitriles is 1. The van der Waals surface area contributed by atoms with Gasteiger partial charge in [-0.15, -0.1) is 0 Å². The summed E-state index contributed by atoms with van der Waals surface area (Å²) in [5.41, 5.74) is -3.39. The van der Waals surface area contributed by atoms with Crippen molar-refractivity contribution in [2.45, 2.75) is 25.7 Å². The van der Waals surface area contributed by atoms with Crippen LogP contribution in [0.1, 0.15) is 12.7 Å². The van der Waals surface area contributed by atoms with E-state index in [0.717, 1.165) is 0 Å². The predicted molar refractivity (Wildman–Crippen MR) is 60.9 cm³/mol. The number of halogens is 3. The second-order valence-corrected chi connectivity index (χ2v) is 4.34. The van der Waals surface area contributed by atoms with Gasteiger partial charge in [-0.3, -0.25) is 4.79 Å². The first-order valence-electron chi connectivity index (χ1n) is 5.50. The number of anilines is 1. The molecule has 1 aromatic rings. The van der Waals surface area contributed by atoms with Crippen molar-refractivity contribution in [2.75, 3.05) is 5.32 Å². The summed E-state index contributed by atoms with van der Waals surface area (Å²) in [4.78, 5) is 15.3. The lowest BCUT2D eigenvalue weighted by molar-refractivity contribution is -0.181. The smallest absolute Gasteiger partial charge is 0.360 e. The summed E-state index contributed by atoms with van der Waals surface area (Å²) in [6.45, 7) is 2.69. The van der Waals surface area contributed by atoms with E-state index in [9.17, 15) is 18.0 Å². The Morgan fingerprint density at radius 1 is 1.50 bits per heavy atom. The molecule has 9 heteroatoms. The van der Waals surface area contributed by atoms with Crippen molar-refractivity contribution < 1.29 is 22.5 Å². The van der Waals surface area contributed by atoms with Crippen molar-refractivity contribution in [3.8, 4) is 6.07 Å². The lowest BCUT2D eigenvalue weighted by atomic mass is 9.95. The molecule has 1 aromatic heterocycles. The zero-order valence-corrected chi connectivity index (χ0v) is 10.4. The van der Waals surface area contributed by atoms with Crippen LogP contribution >= 0.6 is 0 Å². The minimum atomic E-state index is -5.01. The van der Waals surface area contributed by atoms with Crippen molar-refractivity contribution in [1.29, 1.82) is 5.26 Å². The summed E-state index contributed by atoms with van der Waals surface area (Å²) in [6.07, 6.45) is -5.01. The van der Waals surface area contributed by atoms with Gasteiger partial charge in [-0.2, -0.15) is 18.4 Å². The van der Waals surface area contributed by atoms with Crippen molar-refractivity contribution in [3.63, 3.8) is 0 Å². The number of hydrogen-bond donors (Lipinski definition) is 1. The van der Waals surface area contributed by atoms with Gasteiger partial charge in [0.1, 0.15) is 11.7 Å². The number of nitrogens with one attached hydrogen (secondary N) is 1. The SMILES string of the molecule is CC1=N[C@@](Nc2cc(C)on2)(C(F)(F)F)C(=O)[C@@H]1C#N. The van der Waals surface area contributed by atoms with E-state index < -0.39 is 23.5 Å².